The highest BCUT2D eigenvalue weighted by molar-refractivity contribution is 6.75. The molecule has 0 N–H and O–H groups in total. The van der Waals surface area contributed by atoms with Crippen LogP contribution in [0.25, 0.3) is 0 Å². The van der Waals surface area contributed by atoms with E-state index in [4.69, 9.17) is 39.5 Å². The van der Waals surface area contributed by atoms with Gasteiger partial charge in [-0.25, -0.2) is 4.79 Å². The molecule has 0 heterocycles. The molecular formula is C9H11Cl3O2. The van der Waals surface area contributed by atoms with E-state index in [1.54, 1.807) is 6.08 Å². The topological polar surface area (TPSA) is 26.3 Å². The Kier molecular flexibility index (Phi) is 6.25. The number of esters is 1. The first kappa shape index (κ1) is 13.8. The van der Waals surface area contributed by atoms with E-state index < -0.39 is 15.9 Å². The molecule has 0 bridgehead atoms. The summed E-state index contributed by atoms with van der Waals surface area (Å²) in [6, 6.07) is 0. The van der Waals surface area contributed by atoms with Crippen molar-refractivity contribution in [3.05, 3.63) is 25.3 Å². The summed E-state index contributed by atoms with van der Waals surface area (Å²) >= 11 is 16.0. The van der Waals surface area contributed by atoms with Gasteiger partial charge in [-0.15, -0.1) is 6.58 Å². The van der Waals surface area contributed by atoms with Gasteiger partial charge in [0.2, 0.25) is 0 Å². The Labute approximate surface area is 98.5 Å². The number of hydrogen-bond acceptors (Lipinski definition) is 2. The lowest BCUT2D eigenvalue weighted by atomic mass is 10.2. The molecule has 1 atom stereocenters. The number of alkyl halides is 3. The Morgan fingerprint density at radius 2 is 2.00 bits per heavy atom. The maximum absolute atomic E-state index is 11.1. The van der Waals surface area contributed by atoms with Gasteiger partial charge < -0.3 is 4.74 Å². The van der Waals surface area contributed by atoms with Crippen LogP contribution in [0, 0.1) is 0 Å². The third-order valence-corrected chi connectivity index (χ3v) is 1.87. The van der Waals surface area contributed by atoms with Gasteiger partial charge >= 0.3 is 5.97 Å². The molecule has 0 aliphatic carbocycles. The van der Waals surface area contributed by atoms with E-state index in [-0.39, 0.29) is 0 Å². The van der Waals surface area contributed by atoms with E-state index in [1.165, 1.54) is 6.08 Å². The molecule has 0 aromatic heterocycles. The fourth-order valence-electron chi connectivity index (χ4n) is 0.711. The van der Waals surface area contributed by atoms with Gasteiger partial charge in [0.05, 0.1) is 0 Å². The maximum atomic E-state index is 11.1. The van der Waals surface area contributed by atoms with Gasteiger partial charge in [0.15, 0.2) is 0 Å². The molecule has 0 aromatic carbocycles. The average molecular weight is 258 g/mol. The molecule has 0 fully saturated rings. The molecule has 1 unspecified atom stereocenters. The van der Waals surface area contributed by atoms with Crippen LogP contribution in [0.2, 0.25) is 0 Å². The summed E-state index contributed by atoms with van der Waals surface area (Å²) in [5.74, 6) is -0.892. The Balaban J connectivity index is 4.11. The maximum Gasteiger partial charge on any atom is 0.359 e. The Morgan fingerprint density at radius 1 is 1.43 bits per heavy atom. The zero-order valence-corrected chi connectivity index (χ0v) is 9.78. The van der Waals surface area contributed by atoms with Gasteiger partial charge in [-0.05, 0) is 12.8 Å². The van der Waals surface area contributed by atoms with Crippen molar-refractivity contribution >= 4 is 40.8 Å². The fourth-order valence-corrected chi connectivity index (χ4v) is 0.845. The van der Waals surface area contributed by atoms with Crippen molar-refractivity contribution in [1.29, 1.82) is 0 Å². The van der Waals surface area contributed by atoms with Crippen LogP contribution in [0.15, 0.2) is 25.3 Å². The number of ether oxygens (including phenoxy) is 1. The summed E-state index contributed by atoms with van der Waals surface area (Å²) < 4.78 is 2.83. The quantitative estimate of drug-likeness (QED) is 0.428. The molecule has 0 radical (unpaired) electrons. The Morgan fingerprint density at radius 3 is 2.36 bits per heavy atom. The zero-order valence-electron chi connectivity index (χ0n) is 7.51. The lowest BCUT2D eigenvalue weighted by Crippen LogP contribution is -2.26. The molecule has 0 aliphatic heterocycles. The van der Waals surface area contributed by atoms with E-state index in [2.05, 4.69) is 13.2 Å². The standard InChI is InChI=1S/C9H11Cl3O2/c1-3-5-6-7(4-2)14-8(13)9(10,11)12/h3-4,7H,1-2,5-6H2. The number of allylic oxidation sites excluding steroid dienone is 1. The van der Waals surface area contributed by atoms with Crippen molar-refractivity contribution in [2.24, 2.45) is 0 Å². The molecule has 5 heteroatoms. The molecule has 0 saturated heterocycles. The molecule has 0 aliphatic rings. The second-order valence-corrected chi connectivity index (χ2v) is 4.82. The summed E-state index contributed by atoms with van der Waals surface area (Å²) in [5, 5.41) is 0. The zero-order chi connectivity index (χ0) is 11.2. The van der Waals surface area contributed by atoms with E-state index in [0.29, 0.717) is 12.8 Å². The summed E-state index contributed by atoms with van der Waals surface area (Å²) in [5.41, 5.74) is 0. The van der Waals surface area contributed by atoms with Crippen LogP contribution in [0.1, 0.15) is 12.8 Å². The molecule has 80 valence electrons. The van der Waals surface area contributed by atoms with Crippen LogP contribution in [-0.2, 0) is 9.53 Å². The summed E-state index contributed by atoms with van der Waals surface area (Å²) in [4.78, 5) is 11.1. The highest BCUT2D eigenvalue weighted by Crippen LogP contribution is 2.28. The Bertz CT molecular complexity index is 221. The minimum Gasteiger partial charge on any atom is -0.455 e. The van der Waals surface area contributed by atoms with E-state index in [9.17, 15) is 4.79 Å². The number of hydrogen-bond donors (Lipinski definition) is 0. The van der Waals surface area contributed by atoms with Gasteiger partial charge in [-0.2, -0.15) is 0 Å². The number of rotatable bonds is 5. The number of carbonyl (C=O) groups excluding carboxylic acids is 1. The second kappa shape index (κ2) is 6.33. The van der Waals surface area contributed by atoms with Crippen molar-refractivity contribution in [3.63, 3.8) is 0 Å². The highest BCUT2D eigenvalue weighted by Gasteiger charge is 2.33. The van der Waals surface area contributed by atoms with Gasteiger partial charge in [0.25, 0.3) is 3.79 Å². The van der Waals surface area contributed by atoms with Crippen LogP contribution in [-0.4, -0.2) is 15.9 Å². The minimum atomic E-state index is -2.03. The van der Waals surface area contributed by atoms with Gasteiger partial charge in [0.1, 0.15) is 6.10 Å². The van der Waals surface area contributed by atoms with Gasteiger partial charge in [-0.1, -0.05) is 53.5 Å². The van der Waals surface area contributed by atoms with Crippen LogP contribution in [0.5, 0.6) is 0 Å². The number of halogens is 3. The fraction of sp³-hybridized carbons (Fsp3) is 0.444. The first-order valence-corrected chi connectivity index (χ1v) is 5.06. The summed E-state index contributed by atoms with van der Waals surface area (Å²) in [6.45, 7) is 7.05. The van der Waals surface area contributed by atoms with E-state index >= 15 is 0 Å². The molecule has 0 spiro atoms. The molecule has 2 nitrogen and oxygen atoms in total. The molecule has 0 rings (SSSR count). The monoisotopic (exact) mass is 256 g/mol. The smallest absolute Gasteiger partial charge is 0.359 e. The largest absolute Gasteiger partial charge is 0.455 e. The van der Waals surface area contributed by atoms with Crippen LogP contribution >= 0.6 is 34.8 Å². The second-order valence-electron chi connectivity index (χ2n) is 2.54. The highest BCUT2D eigenvalue weighted by atomic mass is 35.6. The van der Waals surface area contributed by atoms with Crippen molar-refractivity contribution in [1.82, 2.24) is 0 Å². The summed E-state index contributed by atoms with van der Waals surface area (Å²) in [6.07, 6.45) is 4.02. The summed E-state index contributed by atoms with van der Waals surface area (Å²) in [7, 11) is 0. The third-order valence-electron chi connectivity index (χ3n) is 1.41. The number of carbonyl (C=O) groups is 1. The van der Waals surface area contributed by atoms with Crippen molar-refractivity contribution in [3.8, 4) is 0 Å². The molecular weight excluding hydrogens is 246 g/mol. The van der Waals surface area contributed by atoms with Crippen molar-refractivity contribution < 1.29 is 9.53 Å². The molecule has 0 saturated carbocycles. The SMILES string of the molecule is C=CCCC(C=C)OC(=O)C(Cl)(Cl)Cl. The predicted molar refractivity (Wildman–Crippen MR) is 59.8 cm³/mol. The third kappa shape index (κ3) is 5.53. The van der Waals surface area contributed by atoms with E-state index in [1.807, 2.05) is 0 Å². The van der Waals surface area contributed by atoms with Gasteiger partial charge in [0, 0.05) is 0 Å². The van der Waals surface area contributed by atoms with E-state index in [0.717, 1.165) is 0 Å². The minimum absolute atomic E-state index is 0.448. The van der Waals surface area contributed by atoms with Crippen molar-refractivity contribution in [2.75, 3.05) is 0 Å². The van der Waals surface area contributed by atoms with Crippen LogP contribution in [0.3, 0.4) is 0 Å². The van der Waals surface area contributed by atoms with Crippen LogP contribution < -0.4 is 0 Å². The lowest BCUT2D eigenvalue weighted by molar-refractivity contribution is -0.145. The van der Waals surface area contributed by atoms with Crippen LogP contribution in [0.4, 0.5) is 0 Å². The average Bonchev–Trinajstić information content (AvgIpc) is 2.10. The predicted octanol–water partition coefficient (Wildman–Crippen LogP) is 3.42. The normalized spacial score (nSPS) is 13.1. The first-order chi connectivity index (χ1) is 6.41. The Hall–Kier alpha value is -0.180. The van der Waals surface area contributed by atoms with Gasteiger partial charge in [-0.3, -0.25) is 0 Å². The molecule has 0 aromatic rings. The molecule has 14 heavy (non-hydrogen) atoms. The first-order valence-electron chi connectivity index (χ1n) is 3.93. The lowest BCUT2D eigenvalue weighted by Gasteiger charge is -2.16. The van der Waals surface area contributed by atoms with Crippen molar-refractivity contribution in [2.45, 2.75) is 22.7 Å². The molecule has 0 amide bonds.